The number of ether oxygens (including phenoxy) is 4. The fourth-order valence-corrected chi connectivity index (χ4v) is 8.24. The molecule has 0 amide bonds. The minimum absolute atomic E-state index is 0.146. The zero-order valence-electron chi connectivity index (χ0n) is 46.4. The number of unbranched alkanes of at least 4 members (excludes halogenated alkanes) is 31. The van der Waals surface area contributed by atoms with Crippen molar-refractivity contribution < 1.29 is 42.9 Å². The van der Waals surface area contributed by atoms with Gasteiger partial charge < -0.3 is 33.3 Å². The van der Waals surface area contributed by atoms with E-state index in [-0.39, 0.29) is 38.6 Å². The van der Waals surface area contributed by atoms with Crippen LogP contribution in [0.25, 0.3) is 0 Å². The molecule has 2 atom stereocenters. The second-order valence-electron chi connectivity index (χ2n) is 20.9. The van der Waals surface area contributed by atoms with Crippen LogP contribution in [0.4, 0.5) is 0 Å². The van der Waals surface area contributed by atoms with Crippen LogP contribution in [0.15, 0.2) is 48.6 Å². The van der Waals surface area contributed by atoms with Crippen LogP contribution in [0.3, 0.4) is 0 Å². The van der Waals surface area contributed by atoms with E-state index in [0.717, 1.165) is 57.8 Å². The molecule has 0 fully saturated rings. The number of nitrogens with zero attached hydrogens (tertiary/aromatic N) is 1. The maximum atomic E-state index is 12.9. The molecule has 9 nitrogen and oxygen atoms in total. The Morgan fingerprint density at radius 3 is 1.16 bits per heavy atom. The zero-order chi connectivity index (χ0) is 51.3. The monoisotopic (exact) mass is 986 g/mol. The van der Waals surface area contributed by atoms with E-state index in [0.29, 0.717) is 17.4 Å². The average molecular weight is 987 g/mol. The SMILES string of the molecule is CCCCCCC/C=C\C/C=C\C/C=C\CCCCCCCCCCCCCCC(=O)OC(COC(=O)CCCCCCCCC/C=C\CCCCCCCCC)COC(OCC[N+](C)(C)C)C(=O)[O-]. The summed E-state index contributed by atoms with van der Waals surface area (Å²) in [5.74, 6) is -2.28. The molecule has 9 heteroatoms. The Balaban J connectivity index is 4.23. The number of aliphatic carboxylic acids is 1. The highest BCUT2D eigenvalue weighted by atomic mass is 16.7. The molecule has 0 aromatic heterocycles. The largest absolute Gasteiger partial charge is 0.545 e. The lowest BCUT2D eigenvalue weighted by molar-refractivity contribution is -0.870. The molecule has 0 aliphatic carbocycles. The van der Waals surface area contributed by atoms with E-state index in [9.17, 15) is 19.5 Å². The van der Waals surface area contributed by atoms with Gasteiger partial charge in [-0.1, -0.05) is 223 Å². The lowest BCUT2D eigenvalue weighted by Gasteiger charge is -2.26. The third-order valence-corrected chi connectivity index (χ3v) is 12.8. The molecule has 0 N–H and O–H groups in total. The Labute approximate surface area is 432 Å². The van der Waals surface area contributed by atoms with Gasteiger partial charge in [0.15, 0.2) is 12.4 Å². The van der Waals surface area contributed by atoms with Crippen molar-refractivity contribution in [1.82, 2.24) is 0 Å². The normalized spacial score (nSPS) is 13.1. The molecule has 0 rings (SSSR count). The summed E-state index contributed by atoms with van der Waals surface area (Å²) in [6, 6.07) is 0. The molecule has 70 heavy (non-hydrogen) atoms. The summed E-state index contributed by atoms with van der Waals surface area (Å²) in [4.78, 5) is 37.3. The Hall–Kier alpha value is -2.75. The number of carbonyl (C=O) groups excluding carboxylic acids is 3. The van der Waals surface area contributed by atoms with Gasteiger partial charge in [0.05, 0.1) is 40.3 Å². The van der Waals surface area contributed by atoms with E-state index in [2.05, 4.69) is 62.5 Å². The maximum Gasteiger partial charge on any atom is 0.306 e. The van der Waals surface area contributed by atoms with Crippen molar-refractivity contribution in [1.29, 1.82) is 0 Å². The van der Waals surface area contributed by atoms with Crippen molar-refractivity contribution in [2.45, 2.75) is 277 Å². The summed E-state index contributed by atoms with van der Waals surface area (Å²) in [6.45, 7) is 4.75. The first-order chi connectivity index (χ1) is 34.1. The van der Waals surface area contributed by atoms with Crippen molar-refractivity contribution in [3.05, 3.63) is 48.6 Å². The van der Waals surface area contributed by atoms with Gasteiger partial charge in [0.1, 0.15) is 13.2 Å². The molecule has 0 saturated carbocycles. The van der Waals surface area contributed by atoms with Crippen LogP contribution in [0.5, 0.6) is 0 Å². The lowest BCUT2D eigenvalue weighted by Crippen LogP contribution is -2.44. The number of hydrogen-bond acceptors (Lipinski definition) is 8. The van der Waals surface area contributed by atoms with Crippen molar-refractivity contribution in [3.8, 4) is 0 Å². The third kappa shape index (κ3) is 53.1. The smallest absolute Gasteiger partial charge is 0.306 e. The van der Waals surface area contributed by atoms with E-state index < -0.39 is 24.3 Å². The standard InChI is InChI=1S/C61H111NO8/c1-6-8-10-12-14-16-18-20-22-24-26-27-28-29-30-31-32-33-34-36-38-40-42-44-46-48-50-52-59(64)70-57(56-69-61(60(65)66)67-54-53-62(3,4)5)55-68-58(63)51-49-47-45-43-41-39-37-35-25-23-21-19-17-15-13-11-9-7-2/h18,20,23-26,28-29,57,61H,6-17,19,21-22,27,30-56H2,1-5H3/b20-18-,25-23-,26-24-,29-28-. The molecule has 0 aromatic rings. The van der Waals surface area contributed by atoms with Crippen LogP contribution >= 0.6 is 0 Å². The highest BCUT2D eigenvalue weighted by molar-refractivity contribution is 5.70. The van der Waals surface area contributed by atoms with Gasteiger partial charge in [0, 0.05) is 12.8 Å². The minimum atomic E-state index is -1.62. The topological polar surface area (TPSA) is 111 Å². The Morgan fingerprint density at radius 2 is 0.771 bits per heavy atom. The predicted octanol–water partition coefficient (Wildman–Crippen LogP) is 15.7. The second-order valence-corrected chi connectivity index (χ2v) is 20.9. The van der Waals surface area contributed by atoms with Gasteiger partial charge in [0.25, 0.3) is 0 Å². The molecule has 408 valence electrons. The predicted molar refractivity (Wildman–Crippen MR) is 292 cm³/mol. The first-order valence-corrected chi connectivity index (χ1v) is 29.3. The summed E-state index contributed by atoms with van der Waals surface area (Å²) in [5, 5.41) is 11.8. The molecule has 0 aliphatic heterocycles. The van der Waals surface area contributed by atoms with Crippen LogP contribution < -0.4 is 5.11 Å². The number of likely N-dealkylation sites (N-methyl/N-ethyl adjacent to an activating group) is 1. The highest BCUT2D eigenvalue weighted by Gasteiger charge is 2.22. The van der Waals surface area contributed by atoms with E-state index >= 15 is 0 Å². The Kier molecular flexibility index (Phi) is 50.5. The fourth-order valence-electron chi connectivity index (χ4n) is 8.24. The van der Waals surface area contributed by atoms with E-state index in [1.807, 2.05) is 21.1 Å². The number of allylic oxidation sites excluding steroid dienone is 8. The Morgan fingerprint density at radius 1 is 0.429 bits per heavy atom. The average Bonchev–Trinajstić information content (AvgIpc) is 3.33. The summed E-state index contributed by atoms with van der Waals surface area (Å²) in [5.41, 5.74) is 0. The number of carbonyl (C=O) groups is 3. The van der Waals surface area contributed by atoms with Crippen LogP contribution in [-0.4, -0.2) is 82.3 Å². The first kappa shape index (κ1) is 67.2. The van der Waals surface area contributed by atoms with Gasteiger partial charge in [0.2, 0.25) is 0 Å². The van der Waals surface area contributed by atoms with Crippen molar-refractivity contribution >= 4 is 17.9 Å². The van der Waals surface area contributed by atoms with Crippen molar-refractivity contribution in [2.24, 2.45) is 0 Å². The lowest BCUT2D eigenvalue weighted by atomic mass is 10.0. The molecule has 0 bridgehead atoms. The molecule has 0 spiro atoms. The molecular weight excluding hydrogens is 875 g/mol. The van der Waals surface area contributed by atoms with Gasteiger partial charge >= 0.3 is 11.9 Å². The number of hydrogen-bond donors (Lipinski definition) is 0. The number of quaternary nitrogens is 1. The van der Waals surface area contributed by atoms with Gasteiger partial charge in [-0.15, -0.1) is 0 Å². The minimum Gasteiger partial charge on any atom is -0.545 e. The summed E-state index contributed by atoms with van der Waals surface area (Å²) >= 11 is 0. The zero-order valence-corrected chi connectivity index (χ0v) is 46.4. The number of rotatable bonds is 54. The molecule has 2 unspecified atom stereocenters. The molecule has 0 heterocycles. The highest BCUT2D eigenvalue weighted by Crippen LogP contribution is 2.16. The van der Waals surface area contributed by atoms with Crippen LogP contribution in [0, 0.1) is 0 Å². The molecule has 0 aliphatic rings. The summed E-state index contributed by atoms with van der Waals surface area (Å²) in [6.07, 6.45) is 61.5. The number of carboxylic acids is 1. The third-order valence-electron chi connectivity index (χ3n) is 12.8. The number of carboxylic acid groups (broad SMARTS) is 1. The summed E-state index contributed by atoms with van der Waals surface area (Å²) in [7, 11) is 5.92. The van der Waals surface area contributed by atoms with Crippen LogP contribution in [0.2, 0.25) is 0 Å². The summed E-state index contributed by atoms with van der Waals surface area (Å²) < 4.78 is 22.7. The molecule has 0 radical (unpaired) electrons. The number of esters is 2. The quantitative estimate of drug-likeness (QED) is 0.0195. The van der Waals surface area contributed by atoms with E-state index in [4.69, 9.17) is 18.9 Å². The Bertz CT molecular complexity index is 1290. The van der Waals surface area contributed by atoms with Gasteiger partial charge in [-0.05, 0) is 77.0 Å². The molecular formula is C61H111NO8. The van der Waals surface area contributed by atoms with Gasteiger partial charge in [-0.2, -0.15) is 0 Å². The van der Waals surface area contributed by atoms with Gasteiger partial charge in [-0.3, -0.25) is 9.59 Å². The van der Waals surface area contributed by atoms with Crippen LogP contribution in [0.1, 0.15) is 264 Å². The maximum absolute atomic E-state index is 12.9. The second kappa shape index (κ2) is 52.6. The van der Waals surface area contributed by atoms with Crippen molar-refractivity contribution in [3.63, 3.8) is 0 Å². The first-order valence-electron chi connectivity index (χ1n) is 29.3. The fraction of sp³-hybridized carbons (Fsp3) is 0.820. The van der Waals surface area contributed by atoms with Gasteiger partial charge in [-0.25, -0.2) is 0 Å². The molecule has 0 aromatic carbocycles. The van der Waals surface area contributed by atoms with Crippen molar-refractivity contribution in [2.75, 3.05) is 47.5 Å². The molecule has 0 saturated heterocycles. The van der Waals surface area contributed by atoms with Crippen LogP contribution in [-0.2, 0) is 33.3 Å². The van der Waals surface area contributed by atoms with E-state index in [1.54, 1.807) is 0 Å². The van der Waals surface area contributed by atoms with E-state index in [1.165, 1.54) is 173 Å².